The molecule has 3 N–H and O–H groups in total. The summed E-state index contributed by atoms with van der Waals surface area (Å²) in [7, 11) is 1.83. The average Bonchev–Trinajstić information content (AvgIpc) is 2.85. The third kappa shape index (κ3) is 2.75. The second-order valence-corrected chi connectivity index (χ2v) is 5.67. The minimum atomic E-state index is -0.545. The molecule has 0 spiro atoms. The van der Waals surface area contributed by atoms with Crippen molar-refractivity contribution in [3.05, 3.63) is 52.8 Å². The van der Waals surface area contributed by atoms with E-state index >= 15 is 0 Å². The fraction of sp³-hybridized carbons (Fsp3) is 0.375. The summed E-state index contributed by atoms with van der Waals surface area (Å²) in [5.41, 5.74) is 8.59. The Labute approximate surface area is 129 Å². The number of carbonyl (C=O) groups excluding carboxylic acids is 1. The third-order valence-corrected chi connectivity index (χ3v) is 4.17. The fourth-order valence-electron chi connectivity index (χ4n) is 3.03. The molecule has 1 atom stereocenters. The number of primary amides is 1. The lowest BCUT2D eigenvalue weighted by Crippen LogP contribution is -2.35. The Bertz CT molecular complexity index is 681. The maximum atomic E-state index is 11.5. The predicted molar refractivity (Wildman–Crippen MR) is 82.1 cm³/mol. The molecule has 1 unspecified atom stereocenters. The molecule has 6 heteroatoms. The van der Waals surface area contributed by atoms with Gasteiger partial charge in [-0.05, 0) is 5.56 Å². The highest BCUT2D eigenvalue weighted by molar-refractivity contribution is 5.92. The number of aliphatic hydroxyl groups is 1. The van der Waals surface area contributed by atoms with Gasteiger partial charge in [0.05, 0.1) is 6.10 Å². The largest absolute Gasteiger partial charge is 0.387 e. The number of nitrogens with zero attached hydrogens (tertiary/aromatic N) is 3. The number of aryl methyl sites for hydroxylation is 1. The molecule has 2 aromatic rings. The summed E-state index contributed by atoms with van der Waals surface area (Å²) in [6.45, 7) is 1.94. The summed E-state index contributed by atoms with van der Waals surface area (Å²) in [5, 5.41) is 14.6. The lowest BCUT2D eigenvalue weighted by Gasteiger charge is -2.29. The maximum Gasteiger partial charge on any atom is 0.269 e. The molecule has 2 heterocycles. The number of rotatable bonds is 4. The molecule has 116 valence electrons. The summed E-state index contributed by atoms with van der Waals surface area (Å²) in [6.07, 6.45) is 0.254. The van der Waals surface area contributed by atoms with Crippen molar-refractivity contribution < 1.29 is 9.90 Å². The van der Waals surface area contributed by atoms with Gasteiger partial charge in [0, 0.05) is 44.4 Å². The Morgan fingerprint density at radius 2 is 2.14 bits per heavy atom. The summed E-state index contributed by atoms with van der Waals surface area (Å²) < 4.78 is 1.74. The molecule has 0 bridgehead atoms. The van der Waals surface area contributed by atoms with Crippen molar-refractivity contribution in [2.45, 2.75) is 19.1 Å². The van der Waals surface area contributed by atoms with Gasteiger partial charge in [-0.3, -0.25) is 14.4 Å². The number of carbonyl (C=O) groups is 1. The number of aliphatic hydroxyl groups excluding tert-OH is 1. The monoisotopic (exact) mass is 300 g/mol. The minimum Gasteiger partial charge on any atom is -0.387 e. The van der Waals surface area contributed by atoms with E-state index in [1.165, 1.54) is 0 Å². The third-order valence-electron chi connectivity index (χ3n) is 4.17. The van der Waals surface area contributed by atoms with Crippen LogP contribution < -0.4 is 5.73 Å². The van der Waals surface area contributed by atoms with E-state index in [9.17, 15) is 9.90 Å². The molecule has 3 rings (SSSR count). The van der Waals surface area contributed by atoms with E-state index in [4.69, 9.17) is 5.73 Å². The van der Waals surface area contributed by atoms with E-state index in [0.717, 1.165) is 29.8 Å². The van der Waals surface area contributed by atoms with Gasteiger partial charge in [0.25, 0.3) is 5.91 Å². The average molecular weight is 300 g/mol. The van der Waals surface area contributed by atoms with Gasteiger partial charge in [0.1, 0.15) is 0 Å². The van der Waals surface area contributed by atoms with Crippen LogP contribution in [0.4, 0.5) is 0 Å². The first-order chi connectivity index (χ1) is 10.6. The number of β-amino-alcohol motifs (C(OH)–C–C–N with tert-alkyl or cyclic N) is 1. The maximum absolute atomic E-state index is 11.5. The second kappa shape index (κ2) is 5.90. The SMILES string of the molecule is Cn1nc(C(N)=O)c2c1CCN(CC(O)c1ccccc1)C2. The summed E-state index contributed by atoms with van der Waals surface area (Å²) in [6, 6.07) is 9.59. The number of benzene rings is 1. The van der Waals surface area contributed by atoms with Crippen LogP contribution >= 0.6 is 0 Å². The highest BCUT2D eigenvalue weighted by Gasteiger charge is 2.27. The van der Waals surface area contributed by atoms with E-state index in [1.807, 2.05) is 37.4 Å². The van der Waals surface area contributed by atoms with Crippen molar-refractivity contribution in [1.82, 2.24) is 14.7 Å². The molecule has 0 saturated carbocycles. The predicted octanol–water partition coefficient (Wildman–Crippen LogP) is 0.611. The molecule has 0 radical (unpaired) electrons. The smallest absolute Gasteiger partial charge is 0.269 e. The number of hydrogen-bond donors (Lipinski definition) is 2. The molecule has 1 aromatic heterocycles. The molecule has 6 nitrogen and oxygen atoms in total. The molecule has 0 fully saturated rings. The topological polar surface area (TPSA) is 84.4 Å². The van der Waals surface area contributed by atoms with Crippen LogP contribution in [0.3, 0.4) is 0 Å². The summed E-state index contributed by atoms with van der Waals surface area (Å²) >= 11 is 0. The van der Waals surface area contributed by atoms with Crippen molar-refractivity contribution in [1.29, 1.82) is 0 Å². The molecule has 1 aliphatic rings. The first kappa shape index (κ1) is 14.7. The molecular weight excluding hydrogens is 280 g/mol. The van der Waals surface area contributed by atoms with Crippen molar-refractivity contribution >= 4 is 5.91 Å². The van der Waals surface area contributed by atoms with Crippen molar-refractivity contribution in [2.24, 2.45) is 12.8 Å². The molecule has 22 heavy (non-hydrogen) atoms. The zero-order valence-electron chi connectivity index (χ0n) is 12.6. The van der Waals surface area contributed by atoms with Crippen molar-refractivity contribution in [3.8, 4) is 0 Å². The van der Waals surface area contributed by atoms with Gasteiger partial charge in [-0.1, -0.05) is 30.3 Å². The Balaban J connectivity index is 1.76. The molecule has 1 aromatic carbocycles. The lowest BCUT2D eigenvalue weighted by atomic mass is 10.0. The minimum absolute atomic E-state index is 0.344. The summed E-state index contributed by atoms with van der Waals surface area (Å²) in [4.78, 5) is 13.6. The molecule has 0 saturated heterocycles. The van der Waals surface area contributed by atoms with Crippen LogP contribution in [-0.4, -0.2) is 38.8 Å². The molecule has 0 aliphatic carbocycles. The zero-order valence-corrected chi connectivity index (χ0v) is 12.6. The standard InChI is InChI=1S/C16H20N4O2/c1-19-13-7-8-20(9-12(13)15(18-19)16(17)22)10-14(21)11-5-3-2-4-6-11/h2-6,14,21H,7-10H2,1H3,(H2,17,22). The molecule has 1 aliphatic heterocycles. The zero-order chi connectivity index (χ0) is 15.7. The van der Waals surface area contributed by atoms with Crippen LogP contribution in [0.15, 0.2) is 30.3 Å². The number of hydrogen-bond acceptors (Lipinski definition) is 4. The van der Waals surface area contributed by atoms with E-state index in [2.05, 4.69) is 10.00 Å². The van der Waals surface area contributed by atoms with Crippen LogP contribution in [0.1, 0.15) is 33.4 Å². The van der Waals surface area contributed by atoms with Crippen molar-refractivity contribution in [2.75, 3.05) is 13.1 Å². The van der Waals surface area contributed by atoms with Gasteiger partial charge in [-0.25, -0.2) is 0 Å². The number of amides is 1. The Morgan fingerprint density at radius 3 is 2.82 bits per heavy atom. The van der Waals surface area contributed by atoms with Crippen LogP contribution in [0, 0.1) is 0 Å². The van der Waals surface area contributed by atoms with Crippen LogP contribution in [0.25, 0.3) is 0 Å². The summed E-state index contributed by atoms with van der Waals surface area (Å²) in [5.74, 6) is -0.498. The van der Waals surface area contributed by atoms with Crippen LogP contribution in [0.2, 0.25) is 0 Å². The van der Waals surface area contributed by atoms with Gasteiger partial charge >= 0.3 is 0 Å². The van der Waals surface area contributed by atoms with Crippen molar-refractivity contribution in [3.63, 3.8) is 0 Å². The molecule has 1 amide bonds. The highest BCUT2D eigenvalue weighted by Crippen LogP contribution is 2.24. The van der Waals surface area contributed by atoms with E-state index in [1.54, 1.807) is 4.68 Å². The Morgan fingerprint density at radius 1 is 1.41 bits per heavy atom. The van der Waals surface area contributed by atoms with Gasteiger partial charge in [-0.2, -0.15) is 5.10 Å². The van der Waals surface area contributed by atoms with Crippen LogP contribution in [0.5, 0.6) is 0 Å². The normalized spacial score (nSPS) is 16.3. The molecular formula is C16H20N4O2. The van der Waals surface area contributed by atoms with Gasteiger partial charge in [-0.15, -0.1) is 0 Å². The van der Waals surface area contributed by atoms with Crippen LogP contribution in [-0.2, 0) is 20.0 Å². The lowest BCUT2D eigenvalue weighted by molar-refractivity contribution is 0.0983. The van der Waals surface area contributed by atoms with E-state index in [-0.39, 0.29) is 0 Å². The first-order valence-electron chi connectivity index (χ1n) is 7.36. The second-order valence-electron chi connectivity index (χ2n) is 5.67. The highest BCUT2D eigenvalue weighted by atomic mass is 16.3. The van der Waals surface area contributed by atoms with Gasteiger partial charge < -0.3 is 10.8 Å². The van der Waals surface area contributed by atoms with Gasteiger partial charge in [0.2, 0.25) is 0 Å². The first-order valence-corrected chi connectivity index (χ1v) is 7.36. The number of aromatic nitrogens is 2. The number of nitrogens with two attached hydrogens (primary N) is 1. The number of fused-ring (bicyclic) bond motifs is 1. The Hall–Kier alpha value is -2.18. The quantitative estimate of drug-likeness (QED) is 0.866. The van der Waals surface area contributed by atoms with E-state index in [0.29, 0.717) is 18.8 Å². The van der Waals surface area contributed by atoms with Gasteiger partial charge in [0.15, 0.2) is 5.69 Å². The Kier molecular flexibility index (Phi) is 3.96. The fourth-order valence-corrected chi connectivity index (χ4v) is 3.03. The van der Waals surface area contributed by atoms with E-state index < -0.39 is 12.0 Å².